The third-order valence-electron chi connectivity index (χ3n) is 4.48. The van der Waals surface area contributed by atoms with Gasteiger partial charge in [-0.05, 0) is 18.4 Å². The van der Waals surface area contributed by atoms with Gasteiger partial charge in [-0.1, -0.05) is 6.07 Å². The Morgan fingerprint density at radius 2 is 2.09 bits per heavy atom. The Morgan fingerprint density at radius 1 is 1.32 bits per heavy atom. The zero-order chi connectivity index (χ0) is 15.9. The first-order chi connectivity index (χ1) is 10.4. The van der Waals surface area contributed by atoms with Gasteiger partial charge in [0.1, 0.15) is 6.54 Å². The van der Waals surface area contributed by atoms with Crippen molar-refractivity contribution in [1.82, 2.24) is 13.8 Å². The van der Waals surface area contributed by atoms with E-state index in [1.165, 1.54) is 21.2 Å². The second kappa shape index (κ2) is 5.51. The Bertz CT molecular complexity index is 742. The summed E-state index contributed by atoms with van der Waals surface area (Å²) in [5.41, 5.74) is -0.215. The lowest BCUT2D eigenvalue weighted by atomic mass is 10.1. The molecule has 2 saturated heterocycles. The summed E-state index contributed by atoms with van der Waals surface area (Å²) >= 11 is 0. The van der Waals surface area contributed by atoms with E-state index in [4.69, 9.17) is 0 Å². The molecule has 3 heterocycles. The van der Waals surface area contributed by atoms with Crippen molar-refractivity contribution in [3.05, 3.63) is 34.7 Å². The van der Waals surface area contributed by atoms with Crippen molar-refractivity contribution in [3.8, 4) is 0 Å². The van der Waals surface area contributed by atoms with Gasteiger partial charge in [0.25, 0.3) is 5.56 Å². The van der Waals surface area contributed by atoms with Gasteiger partial charge in [-0.25, -0.2) is 8.42 Å². The largest absolute Gasteiger partial charge is 0.339 e. The van der Waals surface area contributed by atoms with Crippen molar-refractivity contribution in [2.75, 3.05) is 25.9 Å². The number of likely N-dealkylation sites (tertiary alicyclic amines) is 1. The van der Waals surface area contributed by atoms with Gasteiger partial charge in [0, 0.05) is 37.9 Å². The van der Waals surface area contributed by atoms with Crippen LogP contribution in [0.25, 0.3) is 0 Å². The molecule has 3 rings (SSSR count). The first-order valence-corrected chi connectivity index (χ1v) is 9.11. The van der Waals surface area contributed by atoms with Gasteiger partial charge in [0.2, 0.25) is 15.9 Å². The molecular weight excluding hydrogens is 306 g/mol. The molecule has 7 nitrogen and oxygen atoms in total. The number of amides is 1. The predicted octanol–water partition coefficient (Wildman–Crippen LogP) is -0.659. The molecule has 0 spiro atoms. The highest BCUT2D eigenvalue weighted by atomic mass is 32.2. The normalized spacial score (nSPS) is 25.4. The summed E-state index contributed by atoms with van der Waals surface area (Å²) in [6.45, 7) is 1.52. The number of fused-ring (bicyclic) bond motifs is 1. The number of carbonyl (C=O) groups is 1. The number of hydrogen-bond donors (Lipinski definition) is 0. The summed E-state index contributed by atoms with van der Waals surface area (Å²) < 4.78 is 26.4. The molecular formula is C14H19N3O4S. The number of hydrogen-bond acceptors (Lipinski definition) is 4. The third kappa shape index (κ3) is 2.80. The lowest BCUT2D eigenvalue weighted by Gasteiger charge is -2.22. The van der Waals surface area contributed by atoms with Gasteiger partial charge in [0.05, 0.1) is 6.26 Å². The maximum atomic E-state index is 12.4. The molecule has 1 amide bonds. The fourth-order valence-electron chi connectivity index (χ4n) is 3.38. The summed E-state index contributed by atoms with van der Waals surface area (Å²) in [7, 11) is -3.23. The quantitative estimate of drug-likeness (QED) is 0.739. The smallest absolute Gasteiger partial charge is 0.250 e. The fourth-order valence-corrected chi connectivity index (χ4v) is 4.54. The minimum Gasteiger partial charge on any atom is -0.339 e. The number of nitrogens with zero attached hydrogens (tertiary/aromatic N) is 3. The molecule has 2 aliphatic heterocycles. The number of aromatic nitrogens is 1. The predicted molar refractivity (Wildman–Crippen MR) is 80.7 cm³/mol. The minimum atomic E-state index is -3.23. The Hall–Kier alpha value is -1.67. The molecule has 0 N–H and O–H groups in total. The van der Waals surface area contributed by atoms with Crippen molar-refractivity contribution < 1.29 is 13.2 Å². The highest BCUT2D eigenvalue weighted by molar-refractivity contribution is 7.88. The fraction of sp³-hybridized carbons (Fsp3) is 0.571. The summed E-state index contributed by atoms with van der Waals surface area (Å²) in [6, 6.07) is 4.63. The third-order valence-corrected chi connectivity index (χ3v) is 5.79. The molecule has 2 aliphatic rings. The van der Waals surface area contributed by atoms with E-state index in [9.17, 15) is 18.0 Å². The van der Waals surface area contributed by atoms with E-state index >= 15 is 0 Å². The second-order valence-electron chi connectivity index (χ2n) is 5.96. The Kier molecular flexibility index (Phi) is 3.82. The lowest BCUT2D eigenvalue weighted by Crippen LogP contribution is -2.41. The first kappa shape index (κ1) is 15.2. The zero-order valence-corrected chi connectivity index (χ0v) is 13.2. The molecule has 1 aromatic heterocycles. The van der Waals surface area contributed by atoms with Crippen molar-refractivity contribution >= 4 is 15.9 Å². The lowest BCUT2D eigenvalue weighted by molar-refractivity contribution is -0.131. The molecule has 2 atom stereocenters. The SMILES string of the molecule is CS(=O)(=O)N1CC[C@@H]2CN(C(=O)Cn3ccccc3=O)C[C@@H]21. The minimum absolute atomic E-state index is 0.00200. The van der Waals surface area contributed by atoms with E-state index in [1.807, 2.05) is 0 Å². The van der Waals surface area contributed by atoms with Crippen LogP contribution >= 0.6 is 0 Å². The van der Waals surface area contributed by atoms with Crippen LogP contribution < -0.4 is 5.56 Å². The van der Waals surface area contributed by atoms with Gasteiger partial charge in [-0.2, -0.15) is 4.31 Å². The van der Waals surface area contributed by atoms with E-state index in [0.717, 1.165) is 6.42 Å². The molecule has 8 heteroatoms. The van der Waals surface area contributed by atoms with E-state index < -0.39 is 10.0 Å². The highest BCUT2D eigenvalue weighted by Gasteiger charge is 2.45. The van der Waals surface area contributed by atoms with Gasteiger partial charge < -0.3 is 9.47 Å². The summed E-state index contributed by atoms with van der Waals surface area (Å²) in [4.78, 5) is 25.7. The first-order valence-electron chi connectivity index (χ1n) is 7.26. The van der Waals surface area contributed by atoms with E-state index in [0.29, 0.717) is 19.6 Å². The van der Waals surface area contributed by atoms with Crippen LogP contribution in [0, 0.1) is 5.92 Å². The molecule has 0 aliphatic carbocycles. The van der Waals surface area contributed by atoms with E-state index in [-0.39, 0.29) is 30.0 Å². The topological polar surface area (TPSA) is 79.7 Å². The van der Waals surface area contributed by atoms with Crippen molar-refractivity contribution in [2.45, 2.75) is 19.0 Å². The summed E-state index contributed by atoms with van der Waals surface area (Å²) in [6.07, 6.45) is 3.58. The van der Waals surface area contributed by atoms with Crippen LogP contribution in [0.15, 0.2) is 29.2 Å². The Labute approximate surface area is 129 Å². The van der Waals surface area contributed by atoms with Crippen LogP contribution in [0.1, 0.15) is 6.42 Å². The van der Waals surface area contributed by atoms with Crippen LogP contribution in [-0.4, -0.2) is 60.0 Å². The van der Waals surface area contributed by atoms with E-state index in [1.54, 1.807) is 23.2 Å². The zero-order valence-electron chi connectivity index (χ0n) is 12.4. The summed E-state index contributed by atoms with van der Waals surface area (Å²) in [5, 5.41) is 0. The molecule has 0 bridgehead atoms. The monoisotopic (exact) mass is 325 g/mol. The van der Waals surface area contributed by atoms with Crippen LogP contribution in [-0.2, 0) is 21.4 Å². The van der Waals surface area contributed by atoms with Crippen LogP contribution in [0.4, 0.5) is 0 Å². The van der Waals surface area contributed by atoms with Crippen LogP contribution in [0.3, 0.4) is 0 Å². The molecule has 120 valence electrons. The average molecular weight is 325 g/mol. The van der Waals surface area contributed by atoms with Gasteiger partial charge in [-0.3, -0.25) is 9.59 Å². The number of pyridine rings is 1. The average Bonchev–Trinajstić information content (AvgIpc) is 2.99. The Morgan fingerprint density at radius 3 is 2.77 bits per heavy atom. The molecule has 0 unspecified atom stereocenters. The maximum Gasteiger partial charge on any atom is 0.250 e. The van der Waals surface area contributed by atoms with E-state index in [2.05, 4.69) is 0 Å². The number of sulfonamides is 1. The Balaban J connectivity index is 1.70. The van der Waals surface area contributed by atoms with Crippen molar-refractivity contribution in [2.24, 2.45) is 5.92 Å². The molecule has 22 heavy (non-hydrogen) atoms. The van der Waals surface area contributed by atoms with Crippen molar-refractivity contribution in [3.63, 3.8) is 0 Å². The molecule has 0 aromatic carbocycles. The van der Waals surface area contributed by atoms with Crippen LogP contribution in [0.5, 0.6) is 0 Å². The van der Waals surface area contributed by atoms with Gasteiger partial charge >= 0.3 is 0 Å². The molecule has 0 saturated carbocycles. The number of rotatable bonds is 3. The molecule has 1 aromatic rings. The second-order valence-corrected chi connectivity index (χ2v) is 7.89. The summed E-state index contributed by atoms with van der Waals surface area (Å²) in [5.74, 6) is 0.0577. The molecule has 2 fully saturated rings. The van der Waals surface area contributed by atoms with Gasteiger partial charge in [0.15, 0.2) is 0 Å². The van der Waals surface area contributed by atoms with Gasteiger partial charge in [-0.15, -0.1) is 0 Å². The molecule has 0 radical (unpaired) electrons. The van der Waals surface area contributed by atoms with Crippen LogP contribution in [0.2, 0.25) is 0 Å². The standard InChI is InChI=1S/C14H19N3O4S/c1-22(20,21)17-7-5-11-8-16(9-12(11)17)14(19)10-15-6-3-2-4-13(15)18/h2-4,6,11-12H,5,7-10H2,1H3/t11-,12+/m1/s1. The maximum absolute atomic E-state index is 12.4. The number of carbonyl (C=O) groups excluding carboxylic acids is 1. The van der Waals surface area contributed by atoms with Crippen molar-refractivity contribution in [1.29, 1.82) is 0 Å². The highest BCUT2D eigenvalue weighted by Crippen LogP contribution is 2.33.